The van der Waals surface area contributed by atoms with E-state index in [1.54, 1.807) is 16.8 Å². The van der Waals surface area contributed by atoms with Crippen molar-refractivity contribution < 1.29 is 9.59 Å². The normalized spacial score (nSPS) is 18.3. The lowest BCUT2D eigenvalue weighted by Gasteiger charge is -2.37. The highest BCUT2D eigenvalue weighted by Gasteiger charge is 2.29. The van der Waals surface area contributed by atoms with Crippen molar-refractivity contribution in [3.05, 3.63) is 30.5 Å². The van der Waals surface area contributed by atoms with E-state index in [2.05, 4.69) is 29.1 Å². The van der Waals surface area contributed by atoms with E-state index >= 15 is 0 Å². The average molecular weight is 328 g/mol. The Labute approximate surface area is 142 Å². The summed E-state index contributed by atoms with van der Waals surface area (Å²) in [6, 6.07) is 7.78. The summed E-state index contributed by atoms with van der Waals surface area (Å²) < 4.78 is 2.19. The molecular formula is C18H24N4O2. The summed E-state index contributed by atoms with van der Waals surface area (Å²) in [6.07, 6.45) is 3.13. The van der Waals surface area contributed by atoms with Gasteiger partial charge in [-0.05, 0) is 36.9 Å². The molecule has 24 heavy (non-hydrogen) atoms. The number of carbonyl (C=O) groups excluding carboxylic acids is 2. The van der Waals surface area contributed by atoms with Crippen molar-refractivity contribution in [3.8, 4) is 0 Å². The number of piperazine rings is 1. The van der Waals surface area contributed by atoms with Gasteiger partial charge in [0.2, 0.25) is 5.91 Å². The van der Waals surface area contributed by atoms with Gasteiger partial charge in [0.25, 0.3) is 0 Å². The number of rotatable bonds is 3. The Balaban J connectivity index is 1.75. The van der Waals surface area contributed by atoms with Crippen LogP contribution in [0.15, 0.2) is 30.5 Å². The number of aromatic nitrogens is 1. The van der Waals surface area contributed by atoms with Crippen molar-refractivity contribution in [1.82, 2.24) is 14.4 Å². The Morgan fingerprint density at radius 1 is 1.33 bits per heavy atom. The van der Waals surface area contributed by atoms with E-state index in [4.69, 9.17) is 0 Å². The number of carbonyl (C=O) groups is 2. The van der Waals surface area contributed by atoms with E-state index in [9.17, 15) is 9.59 Å². The number of likely N-dealkylation sites (N-methyl/N-ethyl adjacent to an activating group) is 1. The lowest BCUT2D eigenvalue weighted by molar-refractivity contribution is -0.135. The number of hydrogen-bond acceptors (Lipinski definition) is 2. The summed E-state index contributed by atoms with van der Waals surface area (Å²) in [5, 5.41) is 4.08. The zero-order valence-electron chi connectivity index (χ0n) is 14.5. The van der Waals surface area contributed by atoms with Crippen molar-refractivity contribution >= 4 is 28.5 Å². The smallest absolute Gasteiger partial charge is 0.322 e. The minimum Gasteiger partial charge on any atom is -0.347 e. The van der Waals surface area contributed by atoms with E-state index in [-0.39, 0.29) is 24.5 Å². The molecule has 6 nitrogen and oxygen atoms in total. The first-order chi connectivity index (χ1) is 11.5. The Bertz CT molecular complexity index is 767. The lowest BCUT2D eigenvalue weighted by Crippen LogP contribution is -2.56. The fourth-order valence-corrected chi connectivity index (χ4v) is 3.08. The molecule has 1 aromatic carbocycles. The van der Waals surface area contributed by atoms with Gasteiger partial charge in [-0.1, -0.05) is 13.0 Å². The standard InChI is InChI=1S/C18H24N4O2/c1-4-8-21-9-7-14-5-6-15(10-16(14)21)19-18(24)22-11-13(2)20(3)17(23)12-22/h5-7,9-10,13H,4,8,11-12H2,1-3H3,(H,19,24). The van der Waals surface area contributed by atoms with Crippen LogP contribution in [0.25, 0.3) is 10.9 Å². The van der Waals surface area contributed by atoms with Gasteiger partial charge in [-0.15, -0.1) is 0 Å². The van der Waals surface area contributed by atoms with Gasteiger partial charge in [0.05, 0.1) is 5.52 Å². The van der Waals surface area contributed by atoms with E-state index in [0.717, 1.165) is 29.6 Å². The van der Waals surface area contributed by atoms with Crippen LogP contribution < -0.4 is 5.32 Å². The van der Waals surface area contributed by atoms with Gasteiger partial charge >= 0.3 is 6.03 Å². The maximum absolute atomic E-state index is 12.5. The number of fused-ring (bicyclic) bond motifs is 1. The third-order valence-electron chi connectivity index (χ3n) is 4.64. The van der Waals surface area contributed by atoms with Crippen LogP contribution in [-0.4, -0.2) is 52.5 Å². The number of nitrogens with one attached hydrogen (secondary N) is 1. The van der Waals surface area contributed by atoms with Gasteiger partial charge in [-0.25, -0.2) is 4.79 Å². The predicted molar refractivity (Wildman–Crippen MR) is 95.1 cm³/mol. The Hall–Kier alpha value is -2.50. The second-order valence-electron chi connectivity index (χ2n) is 6.45. The van der Waals surface area contributed by atoms with Crippen LogP contribution in [0, 0.1) is 0 Å². The number of benzene rings is 1. The van der Waals surface area contributed by atoms with Crippen LogP contribution >= 0.6 is 0 Å². The zero-order valence-corrected chi connectivity index (χ0v) is 14.5. The summed E-state index contributed by atoms with van der Waals surface area (Å²) in [5.74, 6) is -0.0313. The topological polar surface area (TPSA) is 57.6 Å². The highest BCUT2D eigenvalue weighted by atomic mass is 16.2. The first kappa shape index (κ1) is 16.4. The number of hydrogen-bond donors (Lipinski definition) is 1. The lowest BCUT2D eigenvalue weighted by atomic mass is 10.2. The molecule has 0 saturated carbocycles. The minimum absolute atomic E-state index is 0.0290. The molecule has 1 unspecified atom stereocenters. The van der Waals surface area contributed by atoms with Crippen LogP contribution in [0.5, 0.6) is 0 Å². The Morgan fingerprint density at radius 3 is 2.83 bits per heavy atom. The van der Waals surface area contributed by atoms with Gasteiger partial charge in [0.1, 0.15) is 6.54 Å². The summed E-state index contributed by atoms with van der Waals surface area (Å²) in [5.41, 5.74) is 1.86. The van der Waals surface area contributed by atoms with Crippen LogP contribution in [-0.2, 0) is 11.3 Å². The summed E-state index contributed by atoms with van der Waals surface area (Å²) >= 11 is 0. The van der Waals surface area contributed by atoms with E-state index in [1.165, 1.54) is 0 Å². The second-order valence-corrected chi connectivity index (χ2v) is 6.45. The van der Waals surface area contributed by atoms with E-state index in [0.29, 0.717) is 6.54 Å². The van der Waals surface area contributed by atoms with Gasteiger partial charge in [0.15, 0.2) is 0 Å². The largest absolute Gasteiger partial charge is 0.347 e. The highest BCUT2D eigenvalue weighted by molar-refractivity contribution is 5.95. The molecule has 1 fully saturated rings. The molecule has 3 rings (SSSR count). The molecule has 3 amide bonds. The van der Waals surface area contributed by atoms with Gasteiger partial charge in [-0.3, -0.25) is 4.79 Å². The number of anilines is 1. The molecule has 2 heterocycles. The van der Waals surface area contributed by atoms with Crippen molar-refractivity contribution in [2.45, 2.75) is 32.9 Å². The van der Waals surface area contributed by atoms with Crippen LogP contribution in [0.4, 0.5) is 10.5 Å². The van der Waals surface area contributed by atoms with Crippen molar-refractivity contribution in [2.75, 3.05) is 25.5 Å². The number of aryl methyl sites for hydroxylation is 1. The molecule has 0 aliphatic carbocycles. The van der Waals surface area contributed by atoms with E-state index in [1.807, 2.05) is 25.1 Å². The second kappa shape index (κ2) is 6.55. The molecule has 1 saturated heterocycles. The van der Waals surface area contributed by atoms with Crippen LogP contribution in [0.3, 0.4) is 0 Å². The maximum Gasteiger partial charge on any atom is 0.322 e. The number of nitrogens with zero attached hydrogens (tertiary/aromatic N) is 3. The summed E-state index contributed by atoms with van der Waals surface area (Å²) in [6.45, 7) is 5.71. The summed E-state index contributed by atoms with van der Waals surface area (Å²) in [7, 11) is 1.78. The highest BCUT2D eigenvalue weighted by Crippen LogP contribution is 2.21. The Kier molecular flexibility index (Phi) is 4.46. The molecule has 1 N–H and O–H groups in total. The minimum atomic E-state index is -0.226. The predicted octanol–water partition coefficient (Wildman–Crippen LogP) is 2.75. The van der Waals surface area contributed by atoms with Crippen molar-refractivity contribution in [1.29, 1.82) is 0 Å². The molecule has 0 bridgehead atoms. The van der Waals surface area contributed by atoms with Gasteiger partial charge < -0.3 is 19.7 Å². The Morgan fingerprint density at radius 2 is 2.12 bits per heavy atom. The number of amides is 3. The van der Waals surface area contributed by atoms with E-state index < -0.39 is 0 Å². The zero-order chi connectivity index (χ0) is 17.3. The van der Waals surface area contributed by atoms with Crippen molar-refractivity contribution in [2.24, 2.45) is 0 Å². The molecule has 6 heteroatoms. The molecule has 128 valence electrons. The number of urea groups is 1. The van der Waals surface area contributed by atoms with Crippen LogP contribution in [0.1, 0.15) is 20.3 Å². The van der Waals surface area contributed by atoms with Gasteiger partial charge in [-0.2, -0.15) is 0 Å². The summed E-state index contributed by atoms with van der Waals surface area (Å²) in [4.78, 5) is 27.7. The molecule has 0 radical (unpaired) electrons. The molecule has 2 aromatic rings. The maximum atomic E-state index is 12.5. The average Bonchev–Trinajstić information content (AvgIpc) is 2.95. The first-order valence-corrected chi connectivity index (χ1v) is 8.40. The fraction of sp³-hybridized carbons (Fsp3) is 0.444. The monoisotopic (exact) mass is 328 g/mol. The SMILES string of the molecule is CCCn1ccc2ccc(NC(=O)N3CC(=O)N(C)C(C)C3)cc21. The molecule has 1 aliphatic heterocycles. The van der Waals surface area contributed by atoms with Crippen LogP contribution in [0.2, 0.25) is 0 Å². The third-order valence-corrected chi connectivity index (χ3v) is 4.64. The molecule has 1 atom stereocenters. The molecule has 1 aromatic heterocycles. The molecule has 1 aliphatic rings. The third kappa shape index (κ3) is 3.09. The molecule has 0 spiro atoms. The fourth-order valence-electron chi connectivity index (χ4n) is 3.08. The first-order valence-electron chi connectivity index (χ1n) is 8.40. The molecular weight excluding hydrogens is 304 g/mol. The van der Waals surface area contributed by atoms with Crippen molar-refractivity contribution in [3.63, 3.8) is 0 Å². The van der Waals surface area contributed by atoms with Gasteiger partial charge in [0, 0.05) is 38.1 Å². The quantitative estimate of drug-likeness (QED) is 0.942.